The number of carboxylic acid groups (broad SMARTS) is 1. The molecule has 3 rings (SSSR count). The number of aliphatic carboxylic acids is 1. The van der Waals surface area contributed by atoms with Crippen LogP contribution in [0.2, 0.25) is 5.02 Å². The predicted octanol–water partition coefficient (Wildman–Crippen LogP) is 2.27. The Bertz CT molecular complexity index is 823. The first-order valence-corrected chi connectivity index (χ1v) is 8.90. The molecule has 8 nitrogen and oxygen atoms in total. The molecule has 144 valence electrons. The van der Waals surface area contributed by atoms with Crippen LogP contribution in [0.15, 0.2) is 28.8 Å². The van der Waals surface area contributed by atoms with Gasteiger partial charge in [-0.25, -0.2) is 0 Å². The molecule has 2 aromatic rings. The first-order chi connectivity index (χ1) is 12.9. The smallest absolute Gasteiger partial charge is 0.313 e. The molecule has 1 aliphatic rings. The number of halogens is 1. The first kappa shape index (κ1) is 19.3. The van der Waals surface area contributed by atoms with Crippen molar-refractivity contribution in [3.63, 3.8) is 0 Å². The number of amides is 1. The highest BCUT2D eigenvalue weighted by atomic mass is 35.5. The molecule has 0 bridgehead atoms. The van der Waals surface area contributed by atoms with Gasteiger partial charge in [0.05, 0.1) is 6.61 Å². The van der Waals surface area contributed by atoms with Gasteiger partial charge in [-0.3, -0.25) is 9.59 Å². The normalized spacial score (nSPS) is 19.4. The number of methoxy groups -OCH3 is 1. The number of aryl methyl sites for hydroxylation is 1. The van der Waals surface area contributed by atoms with Crippen molar-refractivity contribution >= 4 is 23.5 Å². The second kappa shape index (κ2) is 8.06. The molecule has 0 aliphatic carbocycles. The summed E-state index contributed by atoms with van der Waals surface area (Å²) in [6, 6.07) is 7.04. The number of likely N-dealkylation sites (tertiary alicyclic amines) is 1. The highest BCUT2D eigenvalue weighted by Gasteiger charge is 2.46. The first-order valence-electron chi connectivity index (χ1n) is 8.52. The highest BCUT2D eigenvalue weighted by Crippen LogP contribution is 2.31. The van der Waals surface area contributed by atoms with E-state index in [9.17, 15) is 14.7 Å². The van der Waals surface area contributed by atoms with Crippen molar-refractivity contribution in [3.05, 3.63) is 35.2 Å². The highest BCUT2D eigenvalue weighted by molar-refractivity contribution is 6.30. The van der Waals surface area contributed by atoms with E-state index in [1.54, 1.807) is 29.2 Å². The van der Waals surface area contributed by atoms with Crippen molar-refractivity contribution in [2.45, 2.75) is 19.3 Å². The lowest BCUT2D eigenvalue weighted by Gasteiger charge is -2.23. The summed E-state index contributed by atoms with van der Waals surface area (Å²) in [5, 5.41) is 14.0. The van der Waals surface area contributed by atoms with Gasteiger partial charge in [0.25, 0.3) is 0 Å². The zero-order valence-corrected chi connectivity index (χ0v) is 15.6. The van der Waals surface area contributed by atoms with E-state index in [1.165, 1.54) is 7.11 Å². The maximum Gasteiger partial charge on any atom is 0.313 e. The number of carboxylic acids is 1. The minimum atomic E-state index is -1.03. The van der Waals surface area contributed by atoms with Crippen LogP contribution in [0.4, 0.5) is 0 Å². The summed E-state index contributed by atoms with van der Waals surface area (Å²) in [4.78, 5) is 29.8. The fraction of sp³-hybridized carbons (Fsp3) is 0.444. The van der Waals surface area contributed by atoms with Gasteiger partial charge in [0.2, 0.25) is 17.6 Å². The van der Waals surface area contributed by atoms with E-state index >= 15 is 0 Å². The standard InChI is InChI=1S/C18H20ClN3O5/c1-26-11-18(17(24)25)8-9-22(10-18)15(23)7-6-14-20-16(21-27-14)12-2-4-13(19)5-3-12/h2-5H,6-11H2,1H3,(H,24,25). The van der Waals surface area contributed by atoms with Gasteiger partial charge in [0.1, 0.15) is 5.41 Å². The average Bonchev–Trinajstić information content (AvgIpc) is 3.29. The molecule has 1 unspecified atom stereocenters. The van der Waals surface area contributed by atoms with E-state index in [1.807, 2.05) is 0 Å². The second-order valence-corrected chi connectivity index (χ2v) is 7.04. The molecule has 1 fully saturated rings. The fourth-order valence-corrected chi connectivity index (χ4v) is 3.29. The maximum absolute atomic E-state index is 12.4. The zero-order chi connectivity index (χ0) is 19.4. The van der Waals surface area contributed by atoms with Crippen molar-refractivity contribution < 1.29 is 24.0 Å². The van der Waals surface area contributed by atoms with Gasteiger partial charge in [-0.1, -0.05) is 16.8 Å². The molecule has 27 heavy (non-hydrogen) atoms. The molecule has 0 saturated carbocycles. The number of nitrogens with zero attached hydrogens (tertiary/aromatic N) is 3. The molecule has 1 aromatic heterocycles. The largest absolute Gasteiger partial charge is 0.481 e. The molecule has 0 radical (unpaired) electrons. The third-order valence-corrected chi connectivity index (χ3v) is 4.96. The molecular weight excluding hydrogens is 374 g/mol. The van der Waals surface area contributed by atoms with Crippen LogP contribution in [0.5, 0.6) is 0 Å². The number of benzene rings is 1. The van der Waals surface area contributed by atoms with Gasteiger partial charge in [0.15, 0.2) is 0 Å². The Morgan fingerprint density at radius 2 is 2.11 bits per heavy atom. The molecule has 0 spiro atoms. The molecule has 1 atom stereocenters. The van der Waals surface area contributed by atoms with Crippen LogP contribution < -0.4 is 0 Å². The fourth-order valence-electron chi connectivity index (χ4n) is 3.16. The Hall–Kier alpha value is -2.45. The lowest BCUT2D eigenvalue weighted by Crippen LogP contribution is -2.40. The van der Waals surface area contributed by atoms with Gasteiger partial charge < -0.3 is 19.3 Å². The van der Waals surface area contributed by atoms with Crippen LogP contribution in [0.25, 0.3) is 11.4 Å². The lowest BCUT2D eigenvalue weighted by molar-refractivity contribution is -0.151. The van der Waals surface area contributed by atoms with Crippen LogP contribution in [-0.2, 0) is 20.7 Å². The number of rotatable bonds is 7. The van der Waals surface area contributed by atoms with Crippen LogP contribution >= 0.6 is 11.6 Å². The van der Waals surface area contributed by atoms with Crippen molar-refractivity contribution in [2.75, 3.05) is 26.8 Å². The second-order valence-electron chi connectivity index (χ2n) is 6.60. The molecule has 1 aliphatic heterocycles. The SMILES string of the molecule is COCC1(C(=O)O)CCN(C(=O)CCc2nc(-c3ccc(Cl)cc3)no2)C1. The van der Waals surface area contributed by atoms with Crippen molar-refractivity contribution in [2.24, 2.45) is 5.41 Å². The van der Waals surface area contributed by atoms with Crippen LogP contribution in [0, 0.1) is 5.41 Å². The Morgan fingerprint density at radius 1 is 1.37 bits per heavy atom. The van der Waals surface area contributed by atoms with Gasteiger partial charge in [-0.15, -0.1) is 0 Å². The van der Waals surface area contributed by atoms with E-state index < -0.39 is 11.4 Å². The molecule has 1 amide bonds. The summed E-state index contributed by atoms with van der Waals surface area (Å²) >= 11 is 5.86. The molecule has 1 saturated heterocycles. The molecule has 1 N–H and O–H groups in total. The number of carbonyl (C=O) groups excluding carboxylic acids is 1. The predicted molar refractivity (Wildman–Crippen MR) is 96.2 cm³/mol. The number of carbonyl (C=O) groups is 2. The summed E-state index contributed by atoms with van der Waals surface area (Å²) in [7, 11) is 1.46. The minimum absolute atomic E-state index is 0.0836. The number of aromatic nitrogens is 2. The molecule has 2 heterocycles. The number of ether oxygens (including phenoxy) is 1. The zero-order valence-electron chi connectivity index (χ0n) is 14.9. The van der Waals surface area contributed by atoms with Crippen LogP contribution in [0.3, 0.4) is 0 Å². The summed E-state index contributed by atoms with van der Waals surface area (Å²) in [5.41, 5.74) is -0.262. The maximum atomic E-state index is 12.4. The Balaban J connectivity index is 1.57. The number of hydrogen-bond donors (Lipinski definition) is 1. The lowest BCUT2D eigenvalue weighted by atomic mass is 9.88. The molecule has 1 aromatic carbocycles. The van der Waals surface area contributed by atoms with Crippen molar-refractivity contribution in [3.8, 4) is 11.4 Å². The van der Waals surface area contributed by atoms with Crippen molar-refractivity contribution in [1.82, 2.24) is 15.0 Å². The third-order valence-electron chi connectivity index (χ3n) is 4.70. The number of hydrogen-bond acceptors (Lipinski definition) is 6. The monoisotopic (exact) mass is 393 g/mol. The van der Waals surface area contributed by atoms with Gasteiger partial charge in [-0.2, -0.15) is 4.98 Å². The van der Waals surface area contributed by atoms with Crippen LogP contribution in [-0.4, -0.2) is 58.8 Å². The van der Waals surface area contributed by atoms with E-state index in [0.29, 0.717) is 36.1 Å². The van der Waals surface area contributed by atoms with E-state index in [4.69, 9.17) is 20.9 Å². The summed E-state index contributed by atoms with van der Waals surface area (Å²) in [6.45, 7) is 0.628. The minimum Gasteiger partial charge on any atom is -0.481 e. The van der Waals surface area contributed by atoms with E-state index in [-0.39, 0.29) is 25.5 Å². The summed E-state index contributed by atoms with van der Waals surface area (Å²) < 4.78 is 10.2. The molecule has 9 heteroatoms. The summed E-state index contributed by atoms with van der Waals surface area (Å²) in [5.74, 6) is -0.293. The third kappa shape index (κ3) is 4.28. The van der Waals surface area contributed by atoms with Gasteiger partial charge >= 0.3 is 5.97 Å². The average molecular weight is 394 g/mol. The topological polar surface area (TPSA) is 106 Å². The van der Waals surface area contributed by atoms with Gasteiger partial charge in [0, 0.05) is 43.6 Å². The quantitative estimate of drug-likeness (QED) is 0.769. The molecular formula is C18H20ClN3O5. The Morgan fingerprint density at radius 3 is 2.78 bits per heavy atom. The summed E-state index contributed by atoms with van der Waals surface area (Å²) in [6.07, 6.45) is 0.842. The Kier molecular flexibility index (Phi) is 5.76. The van der Waals surface area contributed by atoms with Crippen molar-refractivity contribution in [1.29, 1.82) is 0 Å². The van der Waals surface area contributed by atoms with E-state index in [2.05, 4.69) is 10.1 Å². The Labute approximate surface area is 161 Å². The van der Waals surface area contributed by atoms with Crippen LogP contribution in [0.1, 0.15) is 18.7 Å². The van der Waals surface area contributed by atoms with E-state index in [0.717, 1.165) is 5.56 Å². The van der Waals surface area contributed by atoms with Gasteiger partial charge in [-0.05, 0) is 30.7 Å².